The van der Waals surface area contributed by atoms with E-state index in [2.05, 4.69) is 81.4 Å². The molecule has 37 heavy (non-hydrogen) atoms. The van der Waals surface area contributed by atoms with E-state index in [1.165, 1.54) is 21.9 Å². The summed E-state index contributed by atoms with van der Waals surface area (Å²) in [5.74, 6) is 1.79. The van der Waals surface area contributed by atoms with Crippen LogP contribution in [0.2, 0.25) is 0 Å². The van der Waals surface area contributed by atoms with Crippen LogP contribution in [0.5, 0.6) is 5.75 Å². The van der Waals surface area contributed by atoms with Gasteiger partial charge in [-0.25, -0.2) is 15.0 Å². The van der Waals surface area contributed by atoms with Crippen molar-refractivity contribution in [3.63, 3.8) is 0 Å². The monoisotopic (exact) mass is 481 g/mol. The Morgan fingerprint density at radius 1 is 0.541 bits per heavy atom. The van der Waals surface area contributed by atoms with Crippen molar-refractivity contribution in [3.05, 3.63) is 108 Å². The van der Waals surface area contributed by atoms with Gasteiger partial charge < -0.3 is 5.11 Å². The van der Waals surface area contributed by atoms with Gasteiger partial charge in [-0.1, -0.05) is 85.8 Å². The van der Waals surface area contributed by atoms with Crippen LogP contribution >= 0.6 is 0 Å². The number of benzene rings is 5. The molecule has 180 valence electrons. The number of rotatable bonds is 4. The predicted octanol–water partition coefficient (Wildman–Crippen LogP) is 8.06. The quantitative estimate of drug-likeness (QED) is 0.277. The molecule has 6 rings (SSSR count). The van der Waals surface area contributed by atoms with Crippen molar-refractivity contribution >= 4 is 21.5 Å². The number of phenols is 1. The van der Waals surface area contributed by atoms with Gasteiger partial charge in [0.15, 0.2) is 17.5 Å². The molecule has 5 aromatic carbocycles. The molecule has 4 nitrogen and oxygen atoms in total. The van der Waals surface area contributed by atoms with E-state index in [0.29, 0.717) is 23.0 Å². The highest BCUT2D eigenvalue weighted by Gasteiger charge is 2.18. The molecule has 0 unspecified atom stereocenters. The van der Waals surface area contributed by atoms with Gasteiger partial charge in [0.2, 0.25) is 0 Å². The summed E-state index contributed by atoms with van der Waals surface area (Å²) >= 11 is 0. The van der Waals surface area contributed by atoms with Crippen molar-refractivity contribution in [1.29, 1.82) is 0 Å². The molecular formula is C33H27N3O. The third kappa shape index (κ3) is 4.01. The molecule has 0 atom stereocenters. The van der Waals surface area contributed by atoms with E-state index in [9.17, 15) is 5.11 Å². The minimum atomic E-state index is 0.171. The second-order valence-corrected chi connectivity index (χ2v) is 9.46. The topological polar surface area (TPSA) is 58.9 Å². The summed E-state index contributed by atoms with van der Waals surface area (Å²) in [6.45, 7) is 6.29. The molecule has 0 saturated heterocycles. The molecular weight excluding hydrogens is 454 g/mol. The Morgan fingerprint density at radius 3 is 1.43 bits per heavy atom. The number of nitrogens with zero attached hydrogens (tertiary/aromatic N) is 3. The number of phenolic OH excluding ortho intramolecular Hbond substituents is 1. The average Bonchev–Trinajstić information content (AvgIpc) is 2.93. The fourth-order valence-electron chi connectivity index (χ4n) is 5.01. The van der Waals surface area contributed by atoms with Crippen molar-refractivity contribution in [2.24, 2.45) is 0 Å². The predicted molar refractivity (Wildman–Crippen MR) is 152 cm³/mol. The summed E-state index contributed by atoms with van der Waals surface area (Å²) in [5.41, 5.74) is 5.93. The average molecular weight is 482 g/mol. The highest BCUT2D eigenvalue weighted by molar-refractivity contribution is 5.99. The number of fused-ring (bicyclic) bond motifs is 2. The highest BCUT2D eigenvalue weighted by atomic mass is 16.3. The fraction of sp³-hybridized carbons (Fsp3) is 0.121. The van der Waals surface area contributed by atoms with Crippen molar-refractivity contribution in [3.8, 4) is 39.9 Å². The Morgan fingerprint density at radius 2 is 0.973 bits per heavy atom. The van der Waals surface area contributed by atoms with Crippen LogP contribution < -0.4 is 0 Å². The van der Waals surface area contributed by atoms with Gasteiger partial charge >= 0.3 is 0 Å². The van der Waals surface area contributed by atoms with E-state index >= 15 is 0 Å². The van der Waals surface area contributed by atoms with E-state index < -0.39 is 0 Å². The standard InChI is InChI=1S/C33H27N3O/c1-4-22-15-18-29(30(37)19-22)33-35-31(27-16-13-20(2)23-9-5-7-11-25(23)27)34-32(36-33)28-17-14-21(3)24-10-6-8-12-26(24)28/h5-19,37H,4H2,1-3H3. The molecule has 0 fully saturated rings. The summed E-state index contributed by atoms with van der Waals surface area (Å²) in [6.07, 6.45) is 0.840. The Bertz CT molecular complexity index is 1700. The maximum absolute atomic E-state index is 10.9. The largest absolute Gasteiger partial charge is 0.507 e. The molecule has 1 N–H and O–H groups in total. The molecule has 0 spiro atoms. The molecule has 0 saturated carbocycles. The van der Waals surface area contributed by atoms with Gasteiger partial charge in [-0.05, 0) is 70.6 Å². The lowest BCUT2D eigenvalue weighted by Gasteiger charge is -2.13. The molecule has 1 heterocycles. The smallest absolute Gasteiger partial charge is 0.167 e. The van der Waals surface area contributed by atoms with Crippen molar-refractivity contribution in [2.75, 3.05) is 0 Å². The molecule has 0 aliphatic heterocycles. The van der Waals surface area contributed by atoms with Gasteiger partial charge in [0, 0.05) is 11.1 Å². The number of aromatic nitrogens is 3. The van der Waals surface area contributed by atoms with Crippen molar-refractivity contribution in [2.45, 2.75) is 27.2 Å². The zero-order chi connectivity index (χ0) is 25.5. The SMILES string of the molecule is CCc1ccc(-c2nc(-c3ccc(C)c4ccccc34)nc(-c3ccc(C)c4ccccc34)n2)c(O)c1. The molecule has 0 aliphatic rings. The first-order valence-corrected chi connectivity index (χ1v) is 12.6. The second kappa shape index (κ2) is 9.14. The minimum absolute atomic E-state index is 0.171. The summed E-state index contributed by atoms with van der Waals surface area (Å²) in [5, 5.41) is 15.4. The lowest BCUT2D eigenvalue weighted by atomic mass is 9.98. The van der Waals surface area contributed by atoms with Crippen LogP contribution in [0.25, 0.3) is 55.7 Å². The van der Waals surface area contributed by atoms with Crippen molar-refractivity contribution in [1.82, 2.24) is 15.0 Å². The van der Waals surface area contributed by atoms with Gasteiger partial charge in [-0.15, -0.1) is 0 Å². The normalized spacial score (nSPS) is 11.3. The number of aryl methyl sites for hydroxylation is 3. The lowest BCUT2D eigenvalue weighted by molar-refractivity contribution is 0.476. The Hall–Kier alpha value is -4.57. The lowest BCUT2D eigenvalue weighted by Crippen LogP contribution is -2.01. The summed E-state index contributed by atoms with van der Waals surface area (Å²) < 4.78 is 0. The third-order valence-electron chi connectivity index (χ3n) is 7.11. The third-order valence-corrected chi connectivity index (χ3v) is 7.11. The van der Waals surface area contributed by atoms with Crippen molar-refractivity contribution < 1.29 is 5.11 Å². The Kier molecular flexibility index (Phi) is 5.65. The van der Waals surface area contributed by atoms with E-state index in [1.54, 1.807) is 6.07 Å². The van der Waals surface area contributed by atoms with Crippen LogP contribution in [-0.4, -0.2) is 20.1 Å². The van der Waals surface area contributed by atoms with Crippen LogP contribution in [-0.2, 0) is 6.42 Å². The molecule has 0 radical (unpaired) electrons. The maximum Gasteiger partial charge on any atom is 0.167 e. The maximum atomic E-state index is 10.9. The number of hydrogen-bond donors (Lipinski definition) is 1. The second-order valence-electron chi connectivity index (χ2n) is 9.46. The van der Waals surface area contributed by atoms with Crippen LogP contribution in [0.4, 0.5) is 0 Å². The molecule has 6 aromatic rings. The van der Waals surface area contributed by atoms with E-state index in [0.717, 1.165) is 33.9 Å². The first-order chi connectivity index (χ1) is 18.0. The zero-order valence-corrected chi connectivity index (χ0v) is 21.2. The van der Waals surface area contributed by atoms with E-state index in [1.807, 2.05) is 24.3 Å². The Labute approximate surface area is 216 Å². The van der Waals surface area contributed by atoms with Crippen LogP contribution in [0.1, 0.15) is 23.6 Å². The van der Waals surface area contributed by atoms with Crippen LogP contribution in [0.15, 0.2) is 91.0 Å². The van der Waals surface area contributed by atoms with Gasteiger partial charge in [-0.3, -0.25) is 0 Å². The van der Waals surface area contributed by atoms with Gasteiger partial charge in [-0.2, -0.15) is 0 Å². The van der Waals surface area contributed by atoms with Crippen LogP contribution in [0.3, 0.4) is 0 Å². The molecule has 4 heteroatoms. The Balaban J connectivity index is 1.66. The first-order valence-electron chi connectivity index (χ1n) is 12.6. The number of aromatic hydroxyl groups is 1. The van der Waals surface area contributed by atoms with Gasteiger partial charge in [0.05, 0.1) is 5.56 Å². The molecule has 1 aromatic heterocycles. The fourth-order valence-corrected chi connectivity index (χ4v) is 5.01. The van der Waals surface area contributed by atoms with Gasteiger partial charge in [0.25, 0.3) is 0 Å². The zero-order valence-electron chi connectivity index (χ0n) is 21.2. The van der Waals surface area contributed by atoms with E-state index in [4.69, 9.17) is 15.0 Å². The summed E-state index contributed by atoms with van der Waals surface area (Å²) in [6, 6.07) is 30.7. The molecule has 0 amide bonds. The highest BCUT2D eigenvalue weighted by Crippen LogP contribution is 2.35. The molecule has 0 aliphatic carbocycles. The minimum Gasteiger partial charge on any atom is -0.507 e. The first kappa shape index (κ1) is 22.9. The van der Waals surface area contributed by atoms with Gasteiger partial charge in [0.1, 0.15) is 5.75 Å². The number of hydrogen-bond acceptors (Lipinski definition) is 4. The summed E-state index contributed by atoms with van der Waals surface area (Å²) in [4.78, 5) is 14.8. The molecule has 0 bridgehead atoms. The summed E-state index contributed by atoms with van der Waals surface area (Å²) in [7, 11) is 0. The van der Waals surface area contributed by atoms with E-state index in [-0.39, 0.29) is 5.75 Å². The van der Waals surface area contributed by atoms with Crippen LogP contribution in [0, 0.1) is 13.8 Å².